The molecule has 0 aliphatic carbocycles. The van der Waals surface area contributed by atoms with E-state index in [2.05, 4.69) is 63.7 Å². The van der Waals surface area contributed by atoms with Crippen molar-refractivity contribution < 1.29 is 14.2 Å². The fourth-order valence-corrected chi connectivity index (χ4v) is 4.07. The van der Waals surface area contributed by atoms with Crippen molar-refractivity contribution >= 4 is 28.8 Å². The first-order chi connectivity index (χ1) is 17.0. The minimum absolute atomic E-state index is 0.518. The van der Waals surface area contributed by atoms with E-state index in [1.54, 1.807) is 21.3 Å². The Morgan fingerprint density at radius 2 is 1.51 bits per heavy atom. The van der Waals surface area contributed by atoms with Crippen molar-refractivity contribution in [2.45, 2.75) is 13.3 Å². The summed E-state index contributed by atoms with van der Waals surface area (Å²) in [5, 5.41) is 6.71. The highest BCUT2D eigenvalue weighted by atomic mass is 16.5. The number of aromatic nitrogens is 2. The number of hydrogen-bond acceptors (Lipinski definition) is 9. The molecule has 3 aromatic rings. The largest absolute Gasteiger partial charge is 0.493 e. The van der Waals surface area contributed by atoms with Gasteiger partial charge in [-0.25, -0.2) is 4.98 Å². The zero-order valence-electron chi connectivity index (χ0n) is 21.1. The Morgan fingerprint density at radius 1 is 0.857 bits per heavy atom. The van der Waals surface area contributed by atoms with Crippen LogP contribution in [-0.4, -0.2) is 69.4 Å². The molecule has 9 heteroatoms. The van der Waals surface area contributed by atoms with Crippen LogP contribution in [0.15, 0.2) is 42.6 Å². The summed E-state index contributed by atoms with van der Waals surface area (Å²) in [6.07, 6.45) is 2.63. The van der Waals surface area contributed by atoms with E-state index in [1.807, 2.05) is 18.3 Å². The zero-order chi connectivity index (χ0) is 24.8. The Kier molecular flexibility index (Phi) is 7.77. The van der Waals surface area contributed by atoms with Crippen LogP contribution in [0.1, 0.15) is 12.5 Å². The first-order valence-electron chi connectivity index (χ1n) is 11.8. The third-order valence-electron chi connectivity index (χ3n) is 6.16. The number of nitrogens with zero attached hydrogens (tertiary/aromatic N) is 4. The molecule has 1 aromatic heterocycles. The van der Waals surface area contributed by atoms with E-state index in [4.69, 9.17) is 19.2 Å². The Hall–Kier alpha value is -3.72. The van der Waals surface area contributed by atoms with E-state index >= 15 is 0 Å². The van der Waals surface area contributed by atoms with Crippen LogP contribution >= 0.6 is 0 Å². The molecule has 2 heterocycles. The van der Waals surface area contributed by atoms with Crippen LogP contribution in [0.4, 0.5) is 28.8 Å². The molecular weight excluding hydrogens is 444 g/mol. The van der Waals surface area contributed by atoms with Gasteiger partial charge in [0.2, 0.25) is 11.7 Å². The van der Waals surface area contributed by atoms with Crippen molar-refractivity contribution in [3.63, 3.8) is 0 Å². The Bertz CT molecular complexity index is 1110. The number of benzene rings is 2. The molecule has 1 saturated heterocycles. The number of piperazine rings is 1. The molecule has 2 aromatic carbocycles. The minimum atomic E-state index is 0.518. The van der Waals surface area contributed by atoms with Gasteiger partial charge in [0, 0.05) is 67.1 Å². The highest BCUT2D eigenvalue weighted by Gasteiger charge is 2.16. The molecular formula is C26H34N6O3. The molecule has 35 heavy (non-hydrogen) atoms. The second-order valence-electron chi connectivity index (χ2n) is 8.42. The average molecular weight is 479 g/mol. The number of aryl methyl sites for hydroxylation is 1. The predicted molar refractivity (Wildman–Crippen MR) is 140 cm³/mol. The van der Waals surface area contributed by atoms with Crippen LogP contribution in [0.2, 0.25) is 0 Å². The molecule has 2 N–H and O–H groups in total. The summed E-state index contributed by atoms with van der Waals surface area (Å²) in [5.41, 5.74) is 3.94. The summed E-state index contributed by atoms with van der Waals surface area (Å²) >= 11 is 0. The van der Waals surface area contributed by atoms with Crippen molar-refractivity contribution in [1.82, 2.24) is 14.9 Å². The van der Waals surface area contributed by atoms with Gasteiger partial charge in [-0.2, -0.15) is 4.98 Å². The maximum absolute atomic E-state index is 5.48. The first-order valence-corrected chi connectivity index (χ1v) is 11.8. The molecule has 0 atom stereocenters. The zero-order valence-corrected chi connectivity index (χ0v) is 21.1. The van der Waals surface area contributed by atoms with Crippen molar-refractivity contribution in [2.24, 2.45) is 0 Å². The number of methoxy groups -OCH3 is 3. The molecule has 186 valence electrons. The summed E-state index contributed by atoms with van der Waals surface area (Å²) in [7, 11) is 6.95. The van der Waals surface area contributed by atoms with Gasteiger partial charge in [-0.05, 0) is 37.7 Å². The number of hydrogen-bond donors (Lipinski definition) is 2. The summed E-state index contributed by atoms with van der Waals surface area (Å²) in [6, 6.07) is 12.1. The monoisotopic (exact) mass is 478 g/mol. The lowest BCUT2D eigenvalue weighted by Crippen LogP contribution is -2.44. The lowest BCUT2D eigenvalue weighted by Gasteiger charge is -2.34. The smallest absolute Gasteiger partial charge is 0.229 e. The quantitative estimate of drug-likeness (QED) is 0.467. The van der Waals surface area contributed by atoms with Gasteiger partial charge in [0.25, 0.3) is 0 Å². The molecule has 4 rings (SSSR count). The third kappa shape index (κ3) is 5.68. The summed E-state index contributed by atoms with van der Waals surface area (Å²) < 4.78 is 16.4. The Morgan fingerprint density at radius 3 is 2.09 bits per heavy atom. The SMILES string of the molecule is CCc1cnc(Nc2ccc(N3CCN(C)CC3)cc2)nc1Nc1cc(OC)c(OC)c(OC)c1. The molecule has 0 radical (unpaired) electrons. The van der Waals surface area contributed by atoms with Crippen LogP contribution in [0.3, 0.4) is 0 Å². The second kappa shape index (κ2) is 11.1. The molecule has 0 amide bonds. The molecule has 9 nitrogen and oxygen atoms in total. The molecule has 1 aliphatic rings. The van der Waals surface area contributed by atoms with Crippen LogP contribution in [0.5, 0.6) is 17.2 Å². The number of rotatable bonds is 9. The van der Waals surface area contributed by atoms with E-state index < -0.39 is 0 Å². The first kappa shape index (κ1) is 24.4. The predicted octanol–water partition coefficient (Wildman–Crippen LogP) is 4.30. The Labute approximate surface area is 207 Å². The standard InChI is InChI=1S/C26H34N6O3/c1-6-18-17-27-26(29-19-7-9-21(10-8-19)32-13-11-31(2)12-14-32)30-25(18)28-20-15-22(33-3)24(35-5)23(16-20)34-4/h7-10,15-17H,6,11-14H2,1-5H3,(H2,27,28,29,30). The number of anilines is 5. The van der Waals surface area contributed by atoms with Gasteiger partial charge < -0.3 is 34.6 Å². The molecule has 0 bridgehead atoms. The third-order valence-corrected chi connectivity index (χ3v) is 6.16. The highest BCUT2D eigenvalue weighted by molar-refractivity contribution is 5.69. The van der Waals surface area contributed by atoms with Gasteiger partial charge in [-0.3, -0.25) is 0 Å². The van der Waals surface area contributed by atoms with Crippen LogP contribution in [0, 0.1) is 0 Å². The summed E-state index contributed by atoms with van der Waals surface area (Å²) in [6.45, 7) is 6.32. The van der Waals surface area contributed by atoms with Crippen molar-refractivity contribution in [3.05, 3.63) is 48.2 Å². The van der Waals surface area contributed by atoms with Crippen LogP contribution in [0.25, 0.3) is 0 Å². The number of nitrogens with one attached hydrogen (secondary N) is 2. The fraction of sp³-hybridized carbons (Fsp3) is 0.385. The normalized spacial score (nSPS) is 13.9. The maximum atomic E-state index is 5.48. The van der Waals surface area contributed by atoms with Gasteiger partial charge in [0.1, 0.15) is 5.82 Å². The van der Waals surface area contributed by atoms with Gasteiger partial charge >= 0.3 is 0 Å². The minimum Gasteiger partial charge on any atom is -0.493 e. The molecule has 1 aliphatic heterocycles. The fourth-order valence-electron chi connectivity index (χ4n) is 4.07. The van der Waals surface area contributed by atoms with E-state index in [9.17, 15) is 0 Å². The van der Waals surface area contributed by atoms with Gasteiger partial charge in [0.05, 0.1) is 21.3 Å². The summed E-state index contributed by atoms with van der Waals surface area (Å²) in [4.78, 5) is 14.0. The van der Waals surface area contributed by atoms with E-state index in [-0.39, 0.29) is 0 Å². The lowest BCUT2D eigenvalue weighted by atomic mass is 10.2. The van der Waals surface area contributed by atoms with Gasteiger partial charge in [0.15, 0.2) is 11.5 Å². The van der Waals surface area contributed by atoms with Crippen molar-refractivity contribution in [3.8, 4) is 17.2 Å². The van der Waals surface area contributed by atoms with Crippen molar-refractivity contribution in [2.75, 3.05) is 70.1 Å². The van der Waals surface area contributed by atoms with E-state index in [0.29, 0.717) is 29.0 Å². The number of likely N-dealkylation sites (N-methyl/N-ethyl adjacent to an activating group) is 1. The molecule has 0 spiro atoms. The maximum Gasteiger partial charge on any atom is 0.229 e. The molecule has 0 unspecified atom stereocenters. The van der Waals surface area contributed by atoms with Crippen LogP contribution in [-0.2, 0) is 6.42 Å². The van der Waals surface area contributed by atoms with E-state index in [1.165, 1.54) is 5.69 Å². The second-order valence-corrected chi connectivity index (χ2v) is 8.42. The molecule has 0 saturated carbocycles. The summed E-state index contributed by atoms with van der Waals surface area (Å²) in [5.74, 6) is 2.92. The van der Waals surface area contributed by atoms with Crippen molar-refractivity contribution in [1.29, 1.82) is 0 Å². The topological polar surface area (TPSA) is 84.0 Å². The van der Waals surface area contributed by atoms with E-state index in [0.717, 1.165) is 49.5 Å². The van der Waals surface area contributed by atoms with Gasteiger partial charge in [-0.15, -0.1) is 0 Å². The highest BCUT2D eigenvalue weighted by Crippen LogP contribution is 2.40. The number of ether oxygens (including phenoxy) is 3. The van der Waals surface area contributed by atoms with Crippen LogP contribution < -0.4 is 29.7 Å². The average Bonchev–Trinajstić information content (AvgIpc) is 2.89. The molecule has 1 fully saturated rings. The lowest BCUT2D eigenvalue weighted by molar-refractivity contribution is 0.313. The van der Waals surface area contributed by atoms with Gasteiger partial charge in [-0.1, -0.05) is 6.92 Å². The Balaban J connectivity index is 1.52.